The van der Waals surface area contributed by atoms with Crippen LogP contribution in [0.2, 0.25) is 0 Å². The van der Waals surface area contributed by atoms with Crippen LogP contribution in [0.15, 0.2) is 30.3 Å². The Morgan fingerprint density at radius 2 is 2.00 bits per heavy atom. The molecule has 0 aromatic heterocycles. The van der Waals surface area contributed by atoms with Crippen LogP contribution in [0.1, 0.15) is 25.8 Å². The van der Waals surface area contributed by atoms with Crippen molar-refractivity contribution in [2.24, 2.45) is 0 Å². The fourth-order valence-electron chi connectivity index (χ4n) is 2.76. The van der Waals surface area contributed by atoms with Gasteiger partial charge in [0.25, 0.3) is 0 Å². The number of ether oxygens (including phenoxy) is 1. The molecule has 0 radical (unpaired) electrons. The minimum atomic E-state index is -2.93. The topological polar surface area (TPSA) is 46.6 Å². The van der Waals surface area contributed by atoms with Gasteiger partial charge < -0.3 is 4.74 Å². The molecule has 0 aliphatic carbocycles. The van der Waals surface area contributed by atoms with Crippen LogP contribution >= 0.6 is 0 Å². The van der Waals surface area contributed by atoms with E-state index in [0.717, 1.165) is 32.7 Å². The smallest absolute Gasteiger partial charge is 0.152 e. The number of hydrogen-bond acceptors (Lipinski definition) is 4. The maximum Gasteiger partial charge on any atom is 0.152 e. The Balaban J connectivity index is 1.87. The molecule has 1 aromatic rings. The van der Waals surface area contributed by atoms with E-state index in [9.17, 15) is 8.42 Å². The number of morpholine rings is 1. The van der Waals surface area contributed by atoms with Crippen LogP contribution < -0.4 is 0 Å². The van der Waals surface area contributed by atoms with Crippen molar-refractivity contribution in [1.29, 1.82) is 0 Å². The second-order valence-electron chi connectivity index (χ2n) is 6.22. The highest BCUT2D eigenvalue weighted by Gasteiger charge is 2.24. The van der Waals surface area contributed by atoms with Gasteiger partial charge in [0.15, 0.2) is 9.84 Å². The monoisotopic (exact) mass is 325 g/mol. The molecule has 124 valence electrons. The molecule has 0 saturated carbocycles. The predicted molar refractivity (Wildman–Crippen MR) is 89.9 cm³/mol. The summed E-state index contributed by atoms with van der Waals surface area (Å²) in [6.07, 6.45) is 1.66. The quantitative estimate of drug-likeness (QED) is 0.770. The molecular weight excluding hydrogens is 298 g/mol. The zero-order chi connectivity index (χ0) is 16.0. The largest absolute Gasteiger partial charge is 0.378 e. The van der Waals surface area contributed by atoms with Crippen LogP contribution in [0.5, 0.6) is 0 Å². The van der Waals surface area contributed by atoms with Gasteiger partial charge in [-0.1, -0.05) is 30.3 Å². The van der Waals surface area contributed by atoms with Crippen LogP contribution in [0.3, 0.4) is 0 Å². The van der Waals surface area contributed by atoms with Gasteiger partial charge in [-0.15, -0.1) is 0 Å². The third-order valence-corrected chi connectivity index (χ3v) is 6.55. The molecule has 1 atom stereocenters. The van der Waals surface area contributed by atoms with E-state index in [1.807, 2.05) is 6.07 Å². The molecule has 0 spiro atoms. The Labute approximate surface area is 134 Å². The van der Waals surface area contributed by atoms with E-state index in [-0.39, 0.29) is 11.0 Å². The van der Waals surface area contributed by atoms with E-state index in [0.29, 0.717) is 12.5 Å². The van der Waals surface area contributed by atoms with E-state index in [1.165, 1.54) is 5.56 Å². The van der Waals surface area contributed by atoms with Gasteiger partial charge in [-0.25, -0.2) is 8.42 Å². The molecule has 1 aromatic carbocycles. The summed E-state index contributed by atoms with van der Waals surface area (Å²) >= 11 is 0. The number of sulfone groups is 1. The van der Waals surface area contributed by atoms with E-state index in [4.69, 9.17) is 4.74 Å². The number of hydrogen-bond donors (Lipinski definition) is 0. The third-order valence-electron chi connectivity index (χ3n) is 4.26. The second-order valence-corrected chi connectivity index (χ2v) is 8.90. The zero-order valence-corrected chi connectivity index (χ0v) is 14.4. The van der Waals surface area contributed by atoms with Crippen molar-refractivity contribution in [2.45, 2.75) is 38.0 Å². The number of benzene rings is 1. The summed E-state index contributed by atoms with van der Waals surface area (Å²) in [5.74, 6) is 0.278. The van der Waals surface area contributed by atoms with Gasteiger partial charge in [-0.2, -0.15) is 0 Å². The van der Waals surface area contributed by atoms with E-state index in [2.05, 4.69) is 29.2 Å². The highest BCUT2D eigenvalue weighted by atomic mass is 32.2. The molecule has 0 N–H and O–H groups in total. The van der Waals surface area contributed by atoms with Gasteiger partial charge in [0.1, 0.15) is 0 Å². The summed E-state index contributed by atoms with van der Waals surface area (Å²) in [4.78, 5) is 2.38. The molecule has 1 saturated heterocycles. The van der Waals surface area contributed by atoms with Crippen molar-refractivity contribution in [3.63, 3.8) is 0 Å². The van der Waals surface area contributed by atoms with Crippen LogP contribution in [-0.2, 0) is 21.0 Å². The average molecular weight is 325 g/mol. The Morgan fingerprint density at radius 1 is 1.27 bits per heavy atom. The van der Waals surface area contributed by atoms with Crippen molar-refractivity contribution in [3.05, 3.63) is 35.9 Å². The van der Waals surface area contributed by atoms with Crippen molar-refractivity contribution >= 4 is 9.84 Å². The lowest BCUT2D eigenvalue weighted by Crippen LogP contribution is -2.47. The van der Waals surface area contributed by atoms with Crippen LogP contribution in [-0.4, -0.2) is 56.7 Å². The van der Waals surface area contributed by atoms with Gasteiger partial charge in [0.2, 0.25) is 0 Å². The van der Waals surface area contributed by atoms with E-state index < -0.39 is 9.84 Å². The van der Waals surface area contributed by atoms with Crippen molar-refractivity contribution in [1.82, 2.24) is 4.90 Å². The number of nitrogens with zero attached hydrogens (tertiary/aromatic N) is 1. The van der Waals surface area contributed by atoms with Crippen molar-refractivity contribution in [2.75, 3.05) is 32.1 Å². The summed E-state index contributed by atoms with van der Waals surface area (Å²) in [5.41, 5.74) is 1.30. The van der Waals surface area contributed by atoms with Crippen LogP contribution in [0, 0.1) is 0 Å². The average Bonchev–Trinajstić information content (AvgIpc) is 2.50. The van der Waals surface area contributed by atoms with E-state index in [1.54, 1.807) is 13.8 Å². The van der Waals surface area contributed by atoms with Crippen LogP contribution in [0.25, 0.3) is 0 Å². The normalized spacial score (nSPS) is 20.4. The molecule has 5 heteroatoms. The lowest BCUT2D eigenvalue weighted by Gasteiger charge is -2.35. The molecule has 22 heavy (non-hydrogen) atoms. The molecule has 1 fully saturated rings. The molecule has 2 rings (SSSR count). The molecule has 1 aliphatic heterocycles. The summed E-state index contributed by atoms with van der Waals surface area (Å²) in [6.45, 7) is 6.69. The van der Waals surface area contributed by atoms with Crippen LogP contribution in [0.4, 0.5) is 0 Å². The first kappa shape index (κ1) is 17.4. The Kier molecular flexibility index (Phi) is 6.41. The molecule has 1 heterocycles. The minimum Gasteiger partial charge on any atom is -0.378 e. The molecule has 4 nitrogen and oxygen atoms in total. The standard InChI is InChI=1S/C17H27NO3S/c1-15(2)22(19,20)12-6-9-18-10-11-21-14-17(18)13-16-7-4-3-5-8-16/h3-5,7-8,15,17H,6,9-14H2,1-2H3/t17-/m1/s1. The summed E-state index contributed by atoms with van der Waals surface area (Å²) in [5, 5.41) is -0.280. The highest BCUT2D eigenvalue weighted by molar-refractivity contribution is 7.91. The van der Waals surface area contributed by atoms with Gasteiger partial charge in [-0.3, -0.25) is 4.90 Å². The Morgan fingerprint density at radius 3 is 2.68 bits per heavy atom. The molecule has 1 aliphatic rings. The van der Waals surface area contributed by atoms with Gasteiger partial charge in [0, 0.05) is 12.6 Å². The van der Waals surface area contributed by atoms with E-state index >= 15 is 0 Å². The zero-order valence-electron chi connectivity index (χ0n) is 13.6. The van der Waals surface area contributed by atoms with Crippen molar-refractivity contribution in [3.8, 4) is 0 Å². The summed E-state index contributed by atoms with van der Waals surface area (Å²) in [7, 11) is -2.93. The maximum absolute atomic E-state index is 11.9. The second kappa shape index (κ2) is 8.09. The summed E-state index contributed by atoms with van der Waals surface area (Å²) in [6, 6.07) is 10.7. The first-order chi connectivity index (χ1) is 10.5. The predicted octanol–water partition coefficient (Wildman–Crippen LogP) is 2.14. The summed E-state index contributed by atoms with van der Waals surface area (Å²) < 4.78 is 29.4. The lowest BCUT2D eigenvalue weighted by atomic mass is 10.0. The SMILES string of the molecule is CC(C)S(=O)(=O)CCCN1CCOC[C@H]1Cc1ccccc1. The maximum atomic E-state index is 11.9. The van der Waals surface area contributed by atoms with Gasteiger partial charge >= 0.3 is 0 Å². The highest BCUT2D eigenvalue weighted by Crippen LogP contribution is 2.14. The van der Waals surface area contributed by atoms with Gasteiger partial charge in [-0.05, 0) is 38.8 Å². The minimum absolute atomic E-state index is 0.278. The molecular formula is C17H27NO3S. The van der Waals surface area contributed by atoms with Crippen molar-refractivity contribution < 1.29 is 13.2 Å². The van der Waals surface area contributed by atoms with Gasteiger partial charge in [0.05, 0.1) is 24.2 Å². The first-order valence-corrected chi connectivity index (χ1v) is 9.78. The Bertz CT molecular complexity index is 542. The Hall–Kier alpha value is -0.910. The lowest BCUT2D eigenvalue weighted by molar-refractivity contribution is -0.00682. The first-order valence-electron chi connectivity index (χ1n) is 8.06. The molecule has 0 bridgehead atoms. The number of rotatable bonds is 7. The molecule has 0 amide bonds. The molecule has 0 unspecified atom stereocenters. The third kappa shape index (κ3) is 5.07. The fourth-order valence-corrected chi connectivity index (χ4v) is 3.77. The fraction of sp³-hybridized carbons (Fsp3) is 0.647.